The number of rotatable bonds is 2. The Morgan fingerprint density at radius 2 is 2.05 bits per heavy atom. The molecule has 0 aliphatic carbocycles. The Bertz CT molecular complexity index is 716. The first-order valence-electron chi connectivity index (χ1n) is 6.24. The summed E-state index contributed by atoms with van der Waals surface area (Å²) in [4.78, 5) is 11.7. The molecule has 0 spiro atoms. The summed E-state index contributed by atoms with van der Waals surface area (Å²) in [6, 6.07) is 5.49. The van der Waals surface area contributed by atoms with Gasteiger partial charge in [0.1, 0.15) is 28.0 Å². The van der Waals surface area contributed by atoms with Crippen LogP contribution in [0, 0.1) is 6.92 Å². The second-order valence-corrected chi connectivity index (χ2v) is 7.52. The average Bonchev–Trinajstić information content (AvgIpc) is 2.36. The van der Waals surface area contributed by atoms with Gasteiger partial charge in [-0.25, -0.2) is 5.10 Å². The van der Waals surface area contributed by atoms with Gasteiger partial charge in [0.25, 0.3) is 5.56 Å². The normalized spacial score (nSPS) is 14.1. The van der Waals surface area contributed by atoms with Crippen molar-refractivity contribution in [2.75, 3.05) is 0 Å². The van der Waals surface area contributed by atoms with Crippen LogP contribution >= 0.6 is 0 Å². The van der Waals surface area contributed by atoms with Crippen molar-refractivity contribution in [1.29, 1.82) is 0 Å². The highest BCUT2D eigenvalue weighted by molar-refractivity contribution is 7.91. The summed E-state index contributed by atoms with van der Waals surface area (Å²) in [5.74, 6) is 0. The highest BCUT2D eigenvalue weighted by Crippen LogP contribution is 2.18. The highest BCUT2D eigenvalue weighted by atomic mass is 32.2. The Balaban J connectivity index is 2.51. The average molecular weight is 291 g/mol. The fraction of sp³-hybridized carbons (Fsp3) is 0.357. The number of benzene rings is 1. The van der Waals surface area contributed by atoms with E-state index in [2.05, 4.69) is 14.6 Å². The Kier molecular flexibility index (Phi) is 3.96. The van der Waals surface area contributed by atoms with Crippen LogP contribution in [0.5, 0.6) is 0 Å². The van der Waals surface area contributed by atoms with Gasteiger partial charge in [-0.1, -0.05) is 16.0 Å². The molecule has 20 heavy (non-hydrogen) atoms. The third kappa shape index (κ3) is 3.08. The van der Waals surface area contributed by atoms with E-state index in [9.17, 15) is 9.35 Å². The summed E-state index contributed by atoms with van der Waals surface area (Å²) < 4.78 is 15.5. The molecule has 0 bridgehead atoms. The Labute approximate surface area is 120 Å². The van der Waals surface area contributed by atoms with Gasteiger partial charge in [-0.2, -0.15) is 5.10 Å². The molecule has 0 saturated carbocycles. The number of aryl methyl sites for hydroxylation is 1. The van der Waals surface area contributed by atoms with Crippen molar-refractivity contribution in [1.82, 2.24) is 10.2 Å². The quantitative estimate of drug-likeness (QED) is 0.679. The van der Waals surface area contributed by atoms with E-state index in [4.69, 9.17) is 0 Å². The highest BCUT2D eigenvalue weighted by Gasteiger charge is 2.26. The molecule has 0 saturated heterocycles. The van der Waals surface area contributed by atoms with E-state index in [0.29, 0.717) is 16.5 Å². The van der Waals surface area contributed by atoms with Gasteiger partial charge in [0.05, 0.1) is 5.39 Å². The Hall–Kier alpha value is -1.66. The molecule has 1 aromatic heterocycles. The molecular formula is C14H17N3O2S. The van der Waals surface area contributed by atoms with Gasteiger partial charge in [-0.15, -0.1) is 0 Å². The summed E-state index contributed by atoms with van der Waals surface area (Å²) in [5, 5.41) is 7.67. The first kappa shape index (κ1) is 14.7. The van der Waals surface area contributed by atoms with Crippen LogP contribution < -0.4 is 5.56 Å². The summed E-state index contributed by atoms with van der Waals surface area (Å²) in [7, 11) is 0. The minimum Gasteiger partial charge on any atom is -0.591 e. The second-order valence-electron chi connectivity index (χ2n) is 5.58. The van der Waals surface area contributed by atoms with Gasteiger partial charge in [-0.05, 0) is 39.8 Å². The van der Waals surface area contributed by atoms with Crippen molar-refractivity contribution >= 4 is 28.3 Å². The predicted octanol–water partition coefficient (Wildman–Crippen LogP) is 2.11. The lowest BCUT2D eigenvalue weighted by atomic mass is 10.1. The number of aromatic amines is 1. The number of hydrogen-bond acceptors (Lipinski definition) is 4. The number of aromatic nitrogens is 2. The standard InChI is InChI=1S/C14H17N3O2S/c1-9-5-6-10-11(7-9)12(16-17-13(10)18)8-15-20(19)14(2,3)4/h5-8H,1-4H3,(H,17,18). The van der Waals surface area contributed by atoms with Crippen LogP contribution in [-0.2, 0) is 11.4 Å². The topological polar surface area (TPSA) is 81.2 Å². The molecule has 5 nitrogen and oxygen atoms in total. The molecule has 1 N–H and O–H groups in total. The van der Waals surface area contributed by atoms with Crippen LogP contribution in [0.25, 0.3) is 10.8 Å². The van der Waals surface area contributed by atoms with Gasteiger partial charge in [0.15, 0.2) is 0 Å². The summed E-state index contributed by atoms with van der Waals surface area (Å²) in [6.45, 7) is 7.49. The fourth-order valence-electron chi connectivity index (χ4n) is 1.65. The molecule has 0 aliphatic heterocycles. The van der Waals surface area contributed by atoms with Gasteiger partial charge in [-0.3, -0.25) is 4.79 Å². The maximum absolute atomic E-state index is 11.9. The second kappa shape index (κ2) is 5.38. The molecule has 1 unspecified atom stereocenters. The van der Waals surface area contributed by atoms with E-state index >= 15 is 0 Å². The summed E-state index contributed by atoms with van der Waals surface area (Å²) in [5.41, 5.74) is 1.30. The molecule has 0 aliphatic rings. The molecule has 106 valence electrons. The van der Waals surface area contributed by atoms with Crippen molar-refractivity contribution in [3.8, 4) is 0 Å². The van der Waals surface area contributed by atoms with E-state index in [1.807, 2.05) is 39.8 Å². The largest absolute Gasteiger partial charge is 0.591 e. The van der Waals surface area contributed by atoms with Crippen LogP contribution in [-0.4, -0.2) is 25.7 Å². The molecule has 0 fully saturated rings. The van der Waals surface area contributed by atoms with Gasteiger partial charge < -0.3 is 4.55 Å². The smallest absolute Gasteiger partial charge is 0.272 e. The van der Waals surface area contributed by atoms with E-state index in [0.717, 1.165) is 5.56 Å². The molecule has 0 radical (unpaired) electrons. The van der Waals surface area contributed by atoms with Crippen LogP contribution in [0.3, 0.4) is 0 Å². The SMILES string of the molecule is Cc1ccc2c(=O)[nH]nc(C=N[S+]([O-])C(C)(C)C)c2c1. The number of H-pyrrole nitrogens is 1. The third-order valence-corrected chi connectivity index (χ3v) is 4.11. The van der Waals surface area contributed by atoms with Gasteiger partial charge in [0.2, 0.25) is 0 Å². The van der Waals surface area contributed by atoms with E-state index in [1.54, 1.807) is 6.07 Å². The van der Waals surface area contributed by atoms with Crippen molar-refractivity contribution < 1.29 is 4.55 Å². The van der Waals surface area contributed by atoms with E-state index in [1.165, 1.54) is 6.21 Å². The molecule has 2 aromatic rings. The zero-order valence-corrected chi connectivity index (χ0v) is 12.7. The minimum atomic E-state index is -1.35. The first-order valence-corrected chi connectivity index (χ1v) is 7.35. The van der Waals surface area contributed by atoms with Crippen LogP contribution in [0.15, 0.2) is 27.4 Å². The lowest BCUT2D eigenvalue weighted by molar-refractivity contribution is 0.562. The zero-order valence-electron chi connectivity index (χ0n) is 11.9. The van der Waals surface area contributed by atoms with E-state index in [-0.39, 0.29) is 5.56 Å². The summed E-state index contributed by atoms with van der Waals surface area (Å²) >= 11 is -1.35. The third-order valence-electron chi connectivity index (χ3n) is 2.77. The van der Waals surface area contributed by atoms with E-state index < -0.39 is 16.1 Å². The monoisotopic (exact) mass is 291 g/mol. The lowest BCUT2D eigenvalue weighted by Gasteiger charge is -2.17. The molecule has 2 rings (SSSR count). The Morgan fingerprint density at radius 1 is 1.35 bits per heavy atom. The van der Waals surface area contributed by atoms with Crippen molar-refractivity contribution in [2.24, 2.45) is 4.40 Å². The number of fused-ring (bicyclic) bond motifs is 1. The molecule has 0 amide bonds. The molecule has 1 aromatic carbocycles. The molecular weight excluding hydrogens is 274 g/mol. The number of nitrogens with zero attached hydrogens (tertiary/aromatic N) is 2. The first-order chi connectivity index (χ1) is 9.29. The van der Waals surface area contributed by atoms with Crippen molar-refractivity contribution in [3.63, 3.8) is 0 Å². The van der Waals surface area contributed by atoms with Crippen LogP contribution in [0.1, 0.15) is 32.0 Å². The van der Waals surface area contributed by atoms with Crippen LogP contribution in [0.2, 0.25) is 0 Å². The number of hydrogen-bond donors (Lipinski definition) is 1. The summed E-state index contributed by atoms with van der Waals surface area (Å²) in [6.07, 6.45) is 1.46. The maximum Gasteiger partial charge on any atom is 0.272 e. The fourth-order valence-corrected chi connectivity index (χ4v) is 2.17. The minimum absolute atomic E-state index is 0.242. The molecule has 6 heteroatoms. The molecule has 1 heterocycles. The van der Waals surface area contributed by atoms with Gasteiger partial charge in [0, 0.05) is 5.39 Å². The predicted molar refractivity (Wildman–Crippen MR) is 82.6 cm³/mol. The van der Waals surface area contributed by atoms with Crippen LogP contribution in [0.4, 0.5) is 0 Å². The maximum atomic E-state index is 11.9. The molecule has 1 atom stereocenters. The van der Waals surface area contributed by atoms with Gasteiger partial charge >= 0.3 is 0 Å². The van der Waals surface area contributed by atoms with Crippen molar-refractivity contribution in [3.05, 3.63) is 39.8 Å². The lowest BCUT2D eigenvalue weighted by Crippen LogP contribution is -2.26. The van der Waals surface area contributed by atoms with Crippen molar-refractivity contribution in [2.45, 2.75) is 32.4 Å². The zero-order chi connectivity index (χ0) is 14.9. The Morgan fingerprint density at radius 3 is 2.70 bits per heavy atom. The number of nitrogens with one attached hydrogen (secondary N) is 1.